The molecule has 0 unspecified atom stereocenters. The third kappa shape index (κ3) is 2.72. The Morgan fingerprint density at radius 1 is 1.67 bits per heavy atom. The molecule has 9 heavy (non-hydrogen) atoms. The van der Waals surface area contributed by atoms with Gasteiger partial charge in [-0.25, -0.2) is 0 Å². The predicted molar refractivity (Wildman–Crippen MR) is 31.0 cm³/mol. The second kappa shape index (κ2) is 3.08. The molecule has 0 aromatic heterocycles. The summed E-state index contributed by atoms with van der Waals surface area (Å²) in [5.41, 5.74) is -1.70. The molecule has 0 aliphatic carbocycles. The summed E-state index contributed by atoms with van der Waals surface area (Å²) in [7, 11) is -4.10. The molecule has 6 heteroatoms. The van der Waals surface area contributed by atoms with Crippen LogP contribution in [0, 0.1) is 0 Å². The van der Waals surface area contributed by atoms with Crippen LogP contribution in [0.25, 0.3) is 0 Å². The molecule has 0 heterocycles. The van der Waals surface area contributed by atoms with Gasteiger partial charge in [0.15, 0.2) is 0 Å². The molecule has 0 aliphatic rings. The number of carboxylic acid groups (broad SMARTS) is 1. The maximum Gasteiger partial charge on any atom is 0.542 e. The van der Waals surface area contributed by atoms with Crippen LogP contribution in [-0.2, 0) is 4.52 Å². The lowest BCUT2D eigenvalue weighted by atomic mass is 10.9. The summed E-state index contributed by atoms with van der Waals surface area (Å²) in [6.45, 7) is 1.46. The van der Waals surface area contributed by atoms with Gasteiger partial charge in [0.25, 0.3) is 0 Å². The smallest absolute Gasteiger partial charge is 0.445 e. The zero-order valence-electron chi connectivity index (χ0n) is 4.81. The molecule has 0 aromatic rings. The average molecular weight is 155 g/mol. The second-order valence-corrected chi connectivity index (χ2v) is 2.97. The van der Waals surface area contributed by atoms with Gasteiger partial charge in [0.2, 0.25) is 0 Å². The van der Waals surface area contributed by atoms with E-state index in [0.29, 0.717) is 0 Å². The molecule has 0 bridgehead atoms. The van der Waals surface area contributed by atoms with E-state index in [-0.39, 0.29) is 6.61 Å². The zero-order chi connectivity index (χ0) is 7.49. The monoisotopic (exact) mass is 155 g/mol. The van der Waals surface area contributed by atoms with Gasteiger partial charge in [-0.1, -0.05) is 0 Å². The van der Waals surface area contributed by atoms with E-state index in [1.54, 1.807) is 0 Å². The quantitative estimate of drug-likeness (QED) is 0.515. The van der Waals surface area contributed by atoms with Crippen molar-refractivity contribution in [2.45, 2.75) is 6.92 Å². The Hall–Kier alpha value is -0.220. The van der Waals surface area contributed by atoms with Gasteiger partial charge in [-0.15, -0.1) is 0 Å². The van der Waals surface area contributed by atoms with Gasteiger partial charge < -0.3 is 5.11 Å². The maximum atomic E-state index is 9.84. The standard InChI is InChI=1S/C3H7O5P/c1-2-8-9(6,7)3(4)5/h6-7H,2H2,1H3/p+1. The van der Waals surface area contributed by atoms with Crippen LogP contribution in [0.4, 0.5) is 4.79 Å². The molecule has 0 aliphatic heterocycles. The van der Waals surface area contributed by atoms with E-state index in [2.05, 4.69) is 4.52 Å². The van der Waals surface area contributed by atoms with Gasteiger partial charge in [0, 0.05) is 0 Å². The molecular weight excluding hydrogens is 147 g/mol. The van der Waals surface area contributed by atoms with Crippen molar-refractivity contribution in [3.8, 4) is 0 Å². The number of hydrogen-bond donors (Lipinski definition) is 3. The SMILES string of the molecule is CCO[P+](O)(O)C(=O)O. The Morgan fingerprint density at radius 3 is 2.22 bits per heavy atom. The lowest BCUT2D eigenvalue weighted by Crippen LogP contribution is -2.05. The Bertz CT molecular complexity index is 111. The lowest BCUT2D eigenvalue weighted by Gasteiger charge is -2.01. The van der Waals surface area contributed by atoms with Crippen molar-refractivity contribution in [1.82, 2.24) is 0 Å². The van der Waals surface area contributed by atoms with E-state index >= 15 is 0 Å². The molecule has 0 atom stereocenters. The third-order valence-corrected chi connectivity index (χ3v) is 1.67. The molecule has 0 radical (unpaired) electrons. The highest BCUT2D eigenvalue weighted by atomic mass is 31.2. The minimum atomic E-state index is -4.10. The van der Waals surface area contributed by atoms with E-state index in [0.717, 1.165) is 0 Å². The third-order valence-electron chi connectivity index (χ3n) is 0.558. The molecule has 54 valence electrons. The topological polar surface area (TPSA) is 87.0 Å². The van der Waals surface area contributed by atoms with Crippen LogP contribution in [0.15, 0.2) is 0 Å². The van der Waals surface area contributed by atoms with Crippen molar-refractivity contribution in [2.24, 2.45) is 0 Å². The van der Waals surface area contributed by atoms with Gasteiger partial charge >= 0.3 is 13.7 Å². The summed E-state index contributed by atoms with van der Waals surface area (Å²) in [5, 5.41) is 8.00. The Balaban J connectivity index is 3.85. The van der Waals surface area contributed by atoms with Crippen LogP contribution in [0.5, 0.6) is 0 Å². The molecule has 5 nitrogen and oxygen atoms in total. The van der Waals surface area contributed by atoms with Crippen LogP contribution in [-0.4, -0.2) is 27.2 Å². The van der Waals surface area contributed by atoms with Crippen molar-refractivity contribution in [2.75, 3.05) is 6.61 Å². The largest absolute Gasteiger partial charge is 0.542 e. The molecule has 0 amide bonds. The molecule has 0 spiro atoms. The second-order valence-electron chi connectivity index (χ2n) is 1.24. The van der Waals surface area contributed by atoms with Crippen LogP contribution in [0.2, 0.25) is 0 Å². The van der Waals surface area contributed by atoms with Gasteiger partial charge in [0.1, 0.15) is 0 Å². The first-order valence-electron chi connectivity index (χ1n) is 2.23. The average Bonchev–Trinajstić information content (AvgIpc) is 1.65. The van der Waals surface area contributed by atoms with Gasteiger partial charge in [0.05, 0.1) is 6.61 Å². The van der Waals surface area contributed by atoms with Crippen molar-refractivity contribution in [1.29, 1.82) is 0 Å². The van der Waals surface area contributed by atoms with E-state index in [9.17, 15) is 4.79 Å². The fourth-order valence-electron chi connectivity index (χ4n) is 0.235. The predicted octanol–water partition coefficient (Wildman–Crippen LogP) is 0.448. The fraction of sp³-hybridized carbons (Fsp3) is 0.667. The number of rotatable bonds is 3. The lowest BCUT2D eigenvalue weighted by molar-refractivity contribution is 0.186. The first-order valence-corrected chi connectivity index (χ1v) is 3.84. The molecule has 0 fully saturated rings. The van der Waals surface area contributed by atoms with Crippen LogP contribution < -0.4 is 0 Å². The molecule has 0 saturated carbocycles. The molecule has 0 aromatic carbocycles. The summed E-state index contributed by atoms with van der Waals surface area (Å²) >= 11 is 0. The Labute approximate surface area is 52.5 Å². The van der Waals surface area contributed by atoms with Crippen molar-refractivity contribution in [3.05, 3.63) is 0 Å². The van der Waals surface area contributed by atoms with Crippen LogP contribution >= 0.6 is 7.94 Å². The van der Waals surface area contributed by atoms with E-state index in [1.165, 1.54) is 6.92 Å². The highest BCUT2D eigenvalue weighted by molar-refractivity contribution is 7.76. The van der Waals surface area contributed by atoms with Crippen molar-refractivity contribution >= 4 is 13.7 Å². The fourth-order valence-corrected chi connectivity index (χ4v) is 0.706. The summed E-state index contributed by atoms with van der Waals surface area (Å²) in [5.74, 6) is 0. The van der Waals surface area contributed by atoms with Gasteiger partial charge in [-0.2, -0.15) is 19.1 Å². The summed E-state index contributed by atoms with van der Waals surface area (Å²) < 4.78 is 4.11. The molecule has 0 saturated heterocycles. The first kappa shape index (κ1) is 8.78. The minimum Gasteiger partial charge on any atom is -0.445 e. The highest BCUT2D eigenvalue weighted by Crippen LogP contribution is 2.51. The number of hydrogen-bond acceptors (Lipinski definition) is 4. The van der Waals surface area contributed by atoms with Crippen molar-refractivity contribution < 1.29 is 24.2 Å². The summed E-state index contributed by atoms with van der Waals surface area (Å²) in [4.78, 5) is 26.7. The Morgan fingerprint density at radius 2 is 2.11 bits per heavy atom. The number of carbonyl (C=O) groups is 1. The molecule has 0 rings (SSSR count). The van der Waals surface area contributed by atoms with Crippen LogP contribution in [0.1, 0.15) is 6.92 Å². The van der Waals surface area contributed by atoms with E-state index in [4.69, 9.17) is 14.9 Å². The van der Waals surface area contributed by atoms with E-state index in [1.807, 2.05) is 0 Å². The van der Waals surface area contributed by atoms with Gasteiger partial charge in [-0.3, -0.25) is 0 Å². The first-order chi connectivity index (χ1) is 4.00. The van der Waals surface area contributed by atoms with E-state index < -0.39 is 13.7 Å². The summed E-state index contributed by atoms with van der Waals surface area (Å²) in [6.07, 6.45) is 0. The highest BCUT2D eigenvalue weighted by Gasteiger charge is 2.47. The molecule has 3 N–H and O–H groups in total. The van der Waals surface area contributed by atoms with Gasteiger partial charge in [-0.05, 0) is 6.92 Å². The Kier molecular flexibility index (Phi) is 3.00. The summed E-state index contributed by atoms with van der Waals surface area (Å²) in [6, 6.07) is 0. The molecular formula is C3H8O5P+. The zero-order valence-corrected chi connectivity index (χ0v) is 5.71. The minimum absolute atomic E-state index is 0.0208. The van der Waals surface area contributed by atoms with Crippen molar-refractivity contribution in [3.63, 3.8) is 0 Å². The normalized spacial score (nSPS) is 11.4. The van der Waals surface area contributed by atoms with Crippen LogP contribution in [0.3, 0.4) is 0 Å². The maximum absolute atomic E-state index is 9.84.